The van der Waals surface area contributed by atoms with Crippen LogP contribution in [0.1, 0.15) is 12.5 Å². The summed E-state index contributed by atoms with van der Waals surface area (Å²) in [4.78, 5) is 22.0. The molecule has 112 valence electrons. The Morgan fingerprint density at radius 1 is 1.52 bits per heavy atom. The molecule has 21 heavy (non-hydrogen) atoms. The van der Waals surface area contributed by atoms with E-state index in [0.717, 1.165) is 5.56 Å². The number of benzene rings is 1. The first-order valence-corrected chi connectivity index (χ1v) is 7.28. The van der Waals surface area contributed by atoms with E-state index in [-0.39, 0.29) is 11.4 Å². The molecule has 0 spiro atoms. The molecule has 0 aliphatic heterocycles. The van der Waals surface area contributed by atoms with Gasteiger partial charge >= 0.3 is 5.69 Å². The maximum absolute atomic E-state index is 11.4. The largest absolute Gasteiger partial charge is 0.383 e. The number of H-pyrrole nitrogens is 1. The molecule has 8 nitrogen and oxygen atoms in total. The highest BCUT2D eigenvalue weighted by atomic mass is 32.2. The van der Waals surface area contributed by atoms with Crippen molar-refractivity contribution in [3.05, 3.63) is 44.4 Å². The minimum Gasteiger partial charge on any atom is -0.383 e. The zero-order chi connectivity index (χ0) is 15.4. The Balaban J connectivity index is 2.18. The summed E-state index contributed by atoms with van der Waals surface area (Å²) in [6.45, 7) is 2.38. The molecule has 0 aliphatic carbocycles. The van der Waals surface area contributed by atoms with Crippen molar-refractivity contribution in [2.75, 3.05) is 12.4 Å². The molecule has 0 amide bonds. The molecule has 2 N–H and O–H groups in total. The average molecular weight is 309 g/mol. The molecule has 0 unspecified atom stereocenters. The van der Waals surface area contributed by atoms with Crippen LogP contribution < -0.4 is 11.0 Å². The Hall–Kier alpha value is -2.29. The lowest BCUT2D eigenvalue weighted by molar-refractivity contribution is -0.384. The van der Waals surface area contributed by atoms with Gasteiger partial charge in [0.2, 0.25) is 0 Å². The van der Waals surface area contributed by atoms with E-state index in [1.54, 1.807) is 13.1 Å². The molecular weight excluding hydrogens is 294 g/mol. The maximum atomic E-state index is 11.4. The first-order valence-electron chi connectivity index (χ1n) is 6.30. The number of nitrogens with zero attached hydrogens (tertiary/aromatic N) is 3. The van der Waals surface area contributed by atoms with E-state index in [0.29, 0.717) is 23.1 Å². The van der Waals surface area contributed by atoms with Crippen molar-refractivity contribution in [3.8, 4) is 0 Å². The van der Waals surface area contributed by atoms with Gasteiger partial charge in [-0.15, -0.1) is 5.10 Å². The summed E-state index contributed by atoms with van der Waals surface area (Å²) >= 11 is 1.36. The minimum absolute atomic E-state index is 0.0329. The van der Waals surface area contributed by atoms with Crippen LogP contribution >= 0.6 is 11.8 Å². The Morgan fingerprint density at radius 3 is 2.90 bits per heavy atom. The van der Waals surface area contributed by atoms with E-state index in [1.165, 1.54) is 22.4 Å². The standard InChI is InChI=1S/C12H15N5O3S/c1-3-16-11(18)14-15-12(16)21-7-8-4-5-9(13-2)10(6-8)17(19)20/h4-6,13H,3,7H2,1-2H3,(H,14,18). The van der Waals surface area contributed by atoms with Gasteiger partial charge in [0, 0.05) is 25.4 Å². The second kappa shape index (κ2) is 6.44. The van der Waals surface area contributed by atoms with Gasteiger partial charge in [0.1, 0.15) is 5.69 Å². The van der Waals surface area contributed by atoms with Crippen molar-refractivity contribution in [1.29, 1.82) is 0 Å². The number of rotatable bonds is 6. The van der Waals surface area contributed by atoms with Crippen LogP contribution in [0, 0.1) is 10.1 Å². The predicted octanol–water partition coefficient (Wildman–Crippen LogP) is 1.83. The topological polar surface area (TPSA) is 106 Å². The van der Waals surface area contributed by atoms with Crippen molar-refractivity contribution in [2.45, 2.75) is 24.4 Å². The van der Waals surface area contributed by atoms with Crippen molar-refractivity contribution in [2.24, 2.45) is 0 Å². The highest BCUT2D eigenvalue weighted by molar-refractivity contribution is 7.98. The Kier molecular flexibility index (Phi) is 4.63. The lowest BCUT2D eigenvalue weighted by Gasteiger charge is -2.05. The normalized spacial score (nSPS) is 10.6. The number of aromatic amines is 1. The van der Waals surface area contributed by atoms with E-state index in [1.807, 2.05) is 13.0 Å². The predicted molar refractivity (Wildman–Crippen MR) is 80.7 cm³/mol. The molecule has 2 rings (SSSR count). The van der Waals surface area contributed by atoms with Gasteiger partial charge in [0.05, 0.1) is 4.92 Å². The lowest BCUT2D eigenvalue weighted by Crippen LogP contribution is -2.16. The summed E-state index contributed by atoms with van der Waals surface area (Å²) in [7, 11) is 1.64. The maximum Gasteiger partial charge on any atom is 0.343 e. The van der Waals surface area contributed by atoms with Crippen molar-refractivity contribution in [3.63, 3.8) is 0 Å². The summed E-state index contributed by atoms with van der Waals surface area (Å²) in [6, 6.07) is 5.01. The van der Waals surface area contributed by atoms with Gasteiger partial charge in [-0.1, -0.05) is 17.8 Å². The minimum atomic E-state index is -0.420. The fraction of sp³-hybridized carbons (Fsp3) is 0.333. The molecule has 2 aromatic rings. The molecule has 0 saturated heterocycles. The van der Waals surface area contributed by atoms with Gasteiger partial charge in [-0.25, -0.2) is 9.89 Å². The molecule has 1 aromatic heterocycles. The monoisotopic (exact) mass is 309 g/mol. The number of hydrogen-bond donors (Lipinski definition) is 2. The fourth-order valence-corrected chi connectivity index (χ4v) is 2.82. The summed E-state index contributed by atoms with van der Waals surface area (Å²) in [6.07, 6.45) is 0. The molecule has 0 saturated carbocycles. The molecule has 9 heteroatoms. The van der Waals surface area contributed by atoms with Crippen LogP contribution in [0.15, 0.2) is 28.2 Å². The molecule has 0 radical (unpaired) electrons. The van der Waals surface area contributed by atoms with Crippen LogP contribution in [0.3, 0.4) is 0 Å². The Labute approximate surface area is 124 Å². The van der Waals surface area contributed by atoms with Gasteiger partial charge in [0.25, 0.3) is 5.69 Å². The lowest BCUT2D eigenvalue weighted by atomic mass is 10.2. The summed E-state index contributed by atoms with van der Waals surface area (Å²) in [5.74, 6) is 0.495. The highest BCUT2D eigenvalue weighted by Gasteiger charge is 2.14. The Bertz CT molecular complexity index is 709. The highest BCUT2D eigenvalue weighted by Crippen LogP contribution is 2.28. The van der Waals surface area contributed by atoms with Crippen LogP contribution in [-0.2, 0) is 12.3 Å². The molecule has 0 atom stereocenters. The van der Waals surface area contributed by atoms with Crippen LogP contribution in [0.2, 0.25) is 0 Å². The van der Waals surface area contributed by atoms with Crippen LogP contribution in [0.5, 0.6) is 0 Å². The number of thioether (sulfide) groups is 1. The van der Waals surface area contributed by atoms with Crippen LogP contribution in [0.25, 0.3) is 0 Å². The van der Waals surface area contributed by atoms with Gasteiger partial charge in [0.15, 0.2) is 5.16 Å². The van der Waals surface area contributed by atoms with E-state index in [4.69, 9.17) is 0 Å². The molecule has 1 aromatic carbocycles. The number of nitro benzene ring substituents is 1. The SMILES string of the molecule is CCn1c(SCc2ccc(NC)c([N+](=O)[O-])c2)n[nH]c1=O. The van der Waals surface area contributed by atoms with E-state index < -0.39 is 4.92 Å². The molecule has 1 heterocycles. The number of nitrogens with one attached hydrogen (secondary N) is 2. The number of aromatic nitrogens is 3. The van der Waals surface area contributed by atoms with E-state index in [2.05, 4.69) is 15.5 Å². The van der Waals surface area contributed by atoms with Gasteiger partial charge < -0.3 is 5.32 Å². The quantitative estimate of drug-likeness (QED) is 0.479. The zero-order valence-electron chi connectivity index (χ0n) is 11.6. The van der Waals surface area contributed by atoms with E-state index in [9.17, 15) is 14.9 Å². The van der Waals surface area contributed by atoms with Gasteiger partial charge in [-0.3, -0.25) is 14.7 Å². The van der Waals surface area contributed by atoms with Crippen molar-refractivity contribution >= 4 is 23.1 Å². The molecule has 0 aliphatic rings. The van der Waals surface area contributed by atoms with E-state index >= 15 is 0 Å². The third kappa shape index (κ3) is 3.24. The van der Waals surface area contributed by atoms with Crippen molar-refractivity contribution < 1.29 is 4.92 Å². The smallest absolute Gasteiger partial charge is 0.343 e. The second-order valence-corrected chi connectivity index (χ2v) is 5.15. The Morgan fingerprint density at radius 2 is 2.29 bits per heavy atom. The summed E-state index contributed by atoms with van der Waals surface area (Å²) in [5, 5.41) is 20.7. The number of nitro groups is 1. The summed E-state index contributed by atoms with van der Waals surface area (Å²) in [5.41, 5.74) is 1.05. The fourth-order valence-electron chi connectivity index (χ4n) is 1.87. The van der Waals surface area contributed by atoms with Crippen LogP contribution in [-0.4, -0.2) is 26.7 Å². The zero-order valence-corrected chi connectivity index (χ0v) is 12.4. The summed E-state index contributed by atoms with van der Waals surface area (Å²) < 4.78 is 1.51. The third-order valence-corrected chi connectivity index (χ3v) is 3.98. The molecular formula is C12H15N5O3S. The average Bonchev–Trinajstić information content (AvgIpc) is 2.84. The van der Waals surface area contributed by atoms with Gasteiger partial charge in [-0.05, 0) is 18.6 Å². The number of anilines is 1. The van der Waals surface area contributed by atoms with Crippen molar-refractivity contribution in [1.82, 2.24) is 14.8 Å². The van der Waals surface area contributed by atoms with Gasteiger partial charge in [-0.2, -0.15) is 0 Å². The first kappa shape index (κ1) is 15.1. The second-order valence-electron chi connectivity index (χ2n) is 4.20. The van der Waals surface area contributed by atoms with Crippen LogP contribution in [0.4, 0.5) is 11.4 Å². The first-order chi connectivity index (χ1) is 10.1. The molecule has 0 fully saturated rings. The third-order valence-electron chi connectivity index (χ3n) is 2.94. The number of hydrogen-bond acceptors (Lipinski definition) is 6. The molecule has 0 bridgehead atoms.